The Bertz CT molecular complexity index is 634. The second-order valence-electron chi connectivity index (χ2n) is 4.82. The van der Waals surface area contributed by atoms with E-state index in [2.05, 4.69) is 20.6 Å². The highest BCUT2D eigenvalue weighted by molar-refractivity contribution is 5.92. The van der Waals surface area contributed by atoms with E-state index in [1.807, 2.05) is 0 Å². The van der Waals surface area contributed by atoms with E-state index < -0.39 is 0 Å². The van der Waals surface area contributed by atoms with E-state index in [0.29, 0.717) is 37.8 Å². The molecule has 0 fully saturated rings. The highest BCUT2D eigenvalue weighted by Crippen LogP contribution is 2.04. The van der Waals surface area contributed by atoms with Crippen LogP contribution in [0.4, 0.5) is 10.3 Å². The van der Waals surface area contributed by atoms with Gasteiger partial charge in [0.05, 0.1) is 6.61 Å². The molecule has 0 radical (unpaired) electrons. The predicted molar refractivity (Wildman–Crippen MR) is 84.8 cm³/mol. The van der Waals surface area contributed by atoms with Gasteiger partial charge in [0.1, 0.15) is 11.5 Å². The molecule has 2 aromatic rings. The lowest BCUT2D eigenvalue weighted by molar-refractivity contribution is 0.0949. The summed E-state index contributed by atoms with van der Waals surface area (Å²) in [4.78, 5) is 20.2. The second-order valence-corrected chi connectivity index (χ2v) is 4.82. The summed E-state index contributed by atoms with van der Waals surface area (Å²) in [6, 6.07) is 7.75. The fourth-order valence-electron chi connectivity index (χ4n) is 1.90. The largest absolute Gasteiger partial charge is 0.383 e. The van der Waals surface area contributed by atoms with Crippen LogP contribution in [0.25, 0.3) is 0 Å². The van der Waals surface area contributed by atoms with Gasteiger partial charge in [0, 0.05) is 26.4 Å². The average molecular weight is 318 g/mol. The number of nitrogens with one attached hydrogen (secondary N) is 2. The number of carbonyl (C=O) groups is 1. The third-order valence-electron chi connectivity index (χ3n) is 3.09. The number of hydrogen-bond donors (Lipinski definition) is 2. The van der Waals surface area contributed by atoms with Crippen molar-refractivity contribution in [3.63, 3.8) is 0 Å². The standard InChI is InChI=1S/C16H19FN4O2/c1-23-11-10-20-16-19-9-7-14(21-16)15(22)18-8-6-12-2-4-13(17)5-3-12/h2-5,7,9H,6,8,10-11H2,1H3,(H,18,22)(H,19,20,21). The minimum Gasteiger partial charge on any atom is -0.383 e. The van der Waals surface area contributed by atoms with Crippen molar-refractivity contribution in [2.24, 2.45) is 0 Å². The Morgan fingerprint density at radius 3 is 2.74 bits per heavy atom. The van der Waals surface area contributed by atoms with Gasteiger partial charge in [0.15, 0.2) is 0 Å². The second kappa shape index (κ2) is 8.79. The average Bonchev–Trinajstić information content (AvgIpc) is 2.57. The first kappa shape index (κ1) is 16.8. The summed E-state index contributed by atoms with van der Waals surface area (Å²) in [6.07, 6.45) is 2.15. The first-order chi connectivity index (χ1) is 11.2. The van der Waals surface area contributed by atoms with E-state index in [4.69, 9.17) is 4.74 Å². The SMILES string of the molecule is COCCNc1nccc(C(=O)NCCc2ccc(F)cc2)n1. The Kier molecular flexibility index (Phi) is 6.43. The lowest BCUT2D eigenvalue weighted by Crippen LogP contribution is -2.27. The Balaban J connectivity index is 1.82. The molecule has 1 amide bonds. The number of halogens is 1. The van der Waals surface area contributed by atoms with Gasteiger partial charge in [-0.2, -0.15) is 0 Å². The molecule has 0 aliphatic rings. The number of benzene rings is 1. The molecule has 0 saturated heterocycles. The minimum absolute atomic E-state index is 0.271. The van der Waals surface area contributed by atoms with Crippen LogP contribution in [0.3, 0.4) is 0 Å². The van der Waals surface area contributed by atoms with Crippen LogP contribution in [-0.2, 0) is 11.2 Å². The lowest BCUT2D eigenvalue weighted by atomic mass is 10.1. The molecule has 0 saturated carbocycles. The maximum Gasteiger partial charge on any atom is 0.270 e. The van der Waals surface area contributed by atoms with E-state index in [1.165, 1.54) is 18.3 Å². The summed E-state index contributed by atoms with van der Waals surface area (Å²) in [7, 11) is 1.60. The highest BCUT2D eigenvalue weighted by atomic mass is 19.1. The fraction of sp³-hybridized carbons (Fsp3) is 0.312. The highest BCUT2D eigenvalue weighted by Gasteiger charge is 2.08. The van der Waals surface area contributed by atoms with E-state index >= 15 is 0 Å². The summed E-state index contributed by atoms with van der Waals surface area (Å²) < 4.78 is 17.7. The summed E-state index contributed by atoms with van der Waals surface area (Å²) in [5.41, 5.74) is 1.25. The van der Waals surface area contributed by atoms with Gasteiger partial charge in [-0.15, -0.1) is 0 Å². The smallest absolute Gasteiger partial charge is 0.270 e. The molecule has 1 heterocycles. The number of nitrogens with zero attached hydrogens (tertiary/aromatic N) is 2. The van der Waals surface area contributed by atoms with Crippen molar-refractivity contribution in [1.29, 1.82) is 0 Å². The van der Waals surface area contributed by atoms with Gasteiger partial charge in [-0.25, -0.2) is 14.4 Å². The molecule has 2 N–H and O–H groups in total. The Morgan fingerprint density at radius 1 is 1.22 bits per heavy atom. The zero-order valence-electron chi connectivity index (χ0n) is 12.9. The number of aromatic nitrogens is 2. The number of hydrogen-bond acceptors (Lipinski definition) is 5. The molecule has 1 aromatic heterocycles. The van der Waals surface area contributed by atoms with Crippen LogP contribution in [0.2, 0.25) is 0 Å². The molecule has 2 rings (SSSR count). The molecule has 1 aromatic carbocycles. The summed E-state index contributed by atoms with van der Waals surface area (Å²) in [6.45, 7) is 1.53. The van der Waals surface area contributed by atoms with Crippen LogP contribution in [-0.4, -0.2) is 42.7 Å². The maximum absolute atomic E-state index is 12.8. The Hall–Kier alpha value is -2.54. The number of methoxy groups -OCH3 is 1. The lowest BCUT2D eigenvalue weighted by Gasteiger charge is -2.07. The van der Waals surface area contributed by atoms with Crippen molar-refractivity contribution in [2.75, 3.05) is 32.1 Å². The van der Waals surface area contributed by atoms with Crippen molar-refractivity contribution in [2.45, 2.75) is 6.42 Å². The van der Waals surface area contributed by atoms with Crippen molar-refractivity contribution in [3.8, 4) is 0 Å². The van der Waals surface area contributed by atoms with Gasteiger partial charge >= 0.3 is 0 Å². The predicted octanol–water partition coefficient (Wildman–Crippen LogP) is 1.65. The maximum atomic E-state index is 12.8. The summed E-state index contributed by atoms with van der Waals surface area (Å²) >= 11 is 0. The van der Waals surface area contributed by atoms with Gasteiger partial charge in [-0.1, -0.05) is 12.1 Å². The van der Waals surface area contributed by atoms with Gasteiger partial charge in [-0.3, -0.25) is 4.79 Å². The van der Waals surface area contributed by atoms with Crippen molar-refractivity contribution in [1.82, 2.24) is 15.3 Å². The Labute approximate surface area is 134 Å². The summed E-state index contributed by atoms with van der Waals surface area (Å²) in [5.74, 6) is -0.162. The van der Waals surface area contributed by atoms with Gasteiger partial charge < -0.3 is 15.4 Å². The Morgan fingerprint density at radius 2 is 2.00 bits per heavy atom. The molecular formula is C16H19FN4O2. The zero-order valence-corrected chi connectivity index (χ0v) is 12.9. The molecule has 0 bridgehead atoms. The topological polar surface area (TPSA) is 76.1 Å². The molecule has 122 valence electrons. The van der Waals surface area contributed by atoms with Crippen LogP contribution < -0.4 is 10.6 Å². The van der Waals surface area contributed by atoms with Crippen LogP contribution in [0.15, 0.2) is 36.5 Å². The normalized spacial score (nSPS) is 10.3. The van der Waals surface area contributed by atoms with Crippen molar-refractivity contribution < 1.29 is 13.9 Å². The van der Waals surface area contributed by atoms with Crippen molar-refractivity contribution in [3.05, 3.63) is 53.6 Å². The van der Waals surface area contributed by atoms with E-state index in [9.17, 15) is 9.18 Å². The molecule has 6 nitrogen and oxygen atoms in total. The summed E-state index contributed by atoms with van der Waals surface area (Å²) in [5, 5.41) is 5.75. The van der Waals surface area contributed by atoms with E-state index in [1.54, 1.807) is 25.3 Å². The number of ether oxygens (including phenoxy) is 1. The zero-order chi connectivity index (χ0) is 16.5. The number of anilines is 1. The minimum atomic E-state index is -0.274. The van der Waals surface area contributed by atoms with Crippen LogP contribution >= 0.6 is 0 Å². The molecule has 23 heavy (non-hydrogen) atoms. The molecule has 0 atom stereocenters. The molecule has 7 heteroatoms. The third-order valence-corrected chi connectivity index (χ3v) is 3.09. The number of amides is 1. The molecule has 0 aliphatic heterocycles. The third kappa shape index (κ3) is 5.63. The first-order valence-electron chi connectivity index (χ1n) is 7.27. The number of carbonyl (C=O) groups excluding carboxylic acids is 1. The fourth-order valence-corrected chi connectivity index (χ4v) is 1.90. The quantitative estimate of drug-likeness (QED) is 0.724. The molecule has 0 spiro atoms. The van der Waals surface area contributed by atoms with Crippen LogP contribution in [0.1, 0.15) is 16.1 Å². The molecule has 0 unspecified atom stereocenters. The van der Waals surface area contributed by atoms with Gasteiger partial charge in [0.2, 0.25) is 5.95 Å². The van der Waals surface area contributed by atoms with Crippen LogP contribution in [0.5, 0.6) is 0 Å². The molecular weight excluding hydrogens is 299 g/mol. The first-order valence-corrected chi connectivity index (χ1v) is 7.27. The monoisotopic (exact) mass is 318 g/mol. The van der Waals surface area contributed by atoms with Crippen molar-refractivity contribution >= 4 is 11.9 Å². The molecule has 0 aliphatic carbocycles. The van der Waals surface area contributed by atoms with E-state index in [0.717, 1.165) is 5.56 Å². The van der Waals surface area contributed by atoms with Crippen LogP contribution in [0, 0.1) is 5.82 Å². The van der Waals surface area contributed by atoms with Gasteiger partial charge in [-0.05, 0) is 30.2 Å². The van der Waals surface area contributed by atoms with E-state index in [-0.39, 0.29) is 11.7 Å². The number of rotatable bonds is 8. The van der Waals surface area contributed by atoms with Gasteiger partial charge in [0.25, 0.3) is 5.91 Å².